The standard InChI is InChI=1S/C17H28N2O/c1-13-7-10-17(20-2)15(11-13)12-16(19-18)9-8-14-5-3-4-6-14/h7,10-11,14,16,19H,3-6,8-9,12,18H2,1-2H3. The molecule has 0 aliphatic heterocycles. The van der Waals surface area contributed by atoms with Gasteiger partial charge in [-0.1, -0.05) is 43.4 Å². The van der Waals surface area contributed by atoms with Crippen LogP contribution < -0.4 is 16.0 Å². The van der Waals surface area contributed by atoms with Crippen molar-refractivity contribution in [2.24, 2.45) is 11.8 Å². The van der Waals surface area contributed by atoms with Crippen LogP contribution in [0.1, 0.15) is 49.7 Å². The number of rotatable bonds is 7. The summed E-state index contributed by atoms with van der Waals surface area (Å²) in [5, 5.41) is 0. The molecule has 1 atom stereocenters. The van der Waals surface area contributed by atoms with Crippen LogP contribution in [0.15, 0.2) is 18.2 Å². The van der Waals surface area contributed by atoms with Gasteiger partial charge in [-0.2, -0.15) is 0 Å². The Balaban J connectivity index is 1.92. The van der Waals surface area contributed by atoms with Crippen molar-refractivity contribution in [3.8, 4) is 5.75 Å². The molecule has 0 heterocycles. The van der Waals surface area contributed by atoms with Crippen LogP contribution in [-0.2, 0) is 6.42 Å². The van der Waals surface area contributed by atoms with E-state index in [1.54, 1.807) is 7.11 Å². The van der Waals surface area contributed by atoms with Crippen molar-refractivity contribution in [1.82, 2.24) is 5.43 Å². The number of aryl methyl sites for hydroxylation is 1. The summed E-state index contributed by atoms with van der Waals surface area (Å²) in [7, 11) is 1.73. The van der Waals surface area contributed by atoms with E-state index < -0.39 is 0 Å². The molecule has 1 aliphatic carbocycles. The van der Waals surface area contributed by atoms with Crippen LogP contribution in [0.4, 0.5) is 0 Å². The van der Waals surface area contributed by atoms with Gasteiger partial charge in [0.05, 0.1) is 7.11 Å². The Kier molecular flexibility index (Phi) is 5.86. The molecular weight excluding hydrogens is 248 g/mol. The van der Waals surface area contributed by atoms with Crippen LogP contribution in [0.2, 0.25) is 0 Å². The Morgan fingerprint density at radius 3 is 2.75 bits per heavy atom. The van der Waals surface area contributed by atoms with Crippen molar-refractivity contribution in [2.45, 2.75) is 57.9 Å². The highest BCUT2D eigenvalue weighted by Crippen LogP contribution is 2.29. The first-order valence-electron chi connectivity index (χ1n) is 7.82. The minimum Gasteiger partial charge on any atom is -0.496 e. The highest BCUT2D eigenvalue weighted by atomic mass is 16.5. The van der Waals surface area contributed by atoms with Gasteiger partial charge >= 0.3 is 0 Å². The summed E-state index contributed by atoms with van der Waals surface area (Å²) in [6.07, 6.45) is 9.03. The monoisotopic (exact) mass is 276 g/mol. The Bertz CT molecular complexity index is 413. The van der Waals surface area contributed by atoms with Crippen molar-refractivity contribution in [3.63, 3.8) is 0 Å². The molecule has 2 rings (SSSR count). The zero-order chi connectivity index (χ0) is 14.4. The second kappa shape index (κ2) is 7.65. The van der Waals surface area contributed by atoms with Gasteiger partial charge in [0.1, 0.15) is 5.75 Å². The van der Waals surface area contributed by atoms with E-state index in [4.69, 9.17) is 10.6 Å². The number of ether oxygens (including phenoxy) is 1. The Morgan fingerprint density at radius 2 is 2.10 bits per heavy atom. The molecule has 1 unspecified atom stereocenters. The minimum absolute atomic E-state index is 0.339. The lowest BCUT2D eigenvalue weighted by molar-refractivity contribution is 0.388. The summed E-state index contributed by atoms with van der Waals surface area (Å²) in [4.78, 5) is 0. The molecule has 3 heteroatoms. The van der Waals surface area contributed by atoms with Crippen LogP contribution in [-0.4, -0.2) is 13.2 Å². The summed E-state index contributed by atoms with van der Waals surface area (Å²) in [5.41, 5.74) is 5.51. The van der Waals surface area contributed by atoms with Crippen LogP contribution in [0, 0.1) is 12.8 Å². The van der Waals surface area contributed by atoms with Gasteiger partial charge in [0.25, 0.3) is 0 Å². The molecule has 1 aromatic carbocycles. The predicted molar refractivity (Wildman–Crippen MR) is 83.7 cm³/mol. The fourth-order valence-corrected chi connectivity index (χ4v) is 3.31. The molecule has 0 bridgehead atoms. The summed E-state index contributed by atoms with van der Waals surface area (Å²) < 4.78 is 5.46. The SMILES string of the molecule is COc1ccc(C)cc1CC(CCC1CCCC1)NN. The van der Waals surface area contributed by atoms with Gasteiger partial charge in [0.2, 0.25) is 0 Å². The van der Waals surface area contributed by atoms with Gasteiger partial charge in [-0.3, -0.25) is 11.3 Å². The third-order valence-corrected chi connectivity index (χ3v) is 4.54. The molecule has 1 fully saturated rings. The maximum atomic E-state index is 5.74. The zero-order valence-corrected chi connectivity index (χ0v) is 12.8. The van der Waals surface area contributed by atoms with Gasteiger partial charge in [-0.05, 0) is 43.7 Å². The summed E-state index contributed by atoms with van der Waals surface area (Å²) >= 11 is 0. The number of hydrogen-bond donors (Lipinski definition) is 2. The van der Waals surface area contributed by atoms with Crippen molar-refractivity contribution in [2.75, 3.05) is 7.11 Å². The third kappa shape index (κ3) is 4.22. The fraction of sp³-hybridized carbons (Fsp3) is 0.647. The highest BCUT2D eigenvalue weighted by molar-refractivity contribution is 5.37. The summed E-state index contributed by atoms with van der Waals surface area (Å²) in [5.74, 6) is 7.63. The first-order valence-corrected chi connectivity index (χ1v) is 7.82. The molecule has 3 N–H and O–H groups in total. The average Bonchev–Trinajstić information content (AvgIpc) is 2.97. The summed E-state index contributed by atoms with van der Waals surface area (Å²) in [6, 6.07) is 6.69. The maximum Gasteiger partial charge on any atom is 0.122 e. The van der Waals surface area contributed by atoms with Crippen molar-refractivity contribution in [1.29, 1.82) is 0 Å². The molecule has 0 saturated heterocycles. The number of methoxy groups -OCH3 is 1. The minimum atomic E-state index is 0.339. The van der Waals surface area contributed by atoms with Crippen molar-refractivity contribution < 1.29 is 4.74 Å². The Hall–Kier alpha value is -1.06. The van der Waals surface area contributed by atoms with Crippen molar-refractivity contribution in [3.05, 3.63) is 29.3 Å². The van der Waals surface area contributed by atoms with Gasteiger partial charge in [-0.15, -0.1) is 0 Å². The predicted octanol–water partition coefficient (Wildman–Crippen LogP) is 3.35. The van der Waals surface area contributed by atoms with E-state index in [0.29, 0.717) is 6.04 Å². The molecule has 3 nitrogen and oxygen atoms in total. The molecule has 112 valence electrons. The second-order valence-corrected chi connectivity index (χ2v) is 6.11. The number of hydrogen-bond acceptors (Lipinski definition) is 3. The van der Waals surface area contributed by atoms with Crippen LogP contribution >= 0.6 is 0 Å². The smallest absolute Gasteiger partial charge is 0.122 e. The van der Waals surface area contributed by atoms with Crippen LogP contribution in [0.3, 0.4) is 0 Å². The lowest BCUT2D eigenvalue weighted by atomic mass is 9.94. The van der Waals surface area contributed by atoms with Crippen LogP contribution in [0.5, 0.6) is 5.75 Å². The molecular formula is C17H28N2O. The van der Waals surface area contributed by atoms with Gasteiger partial charge in [-0.25, -0.2) is 0 Å². The summed E-state index contributed by atoms with van der Waals surface area (Å²) in [6.45, 7) is 2.12. The zero-order valence-electron chi connectivity index (χ0n) is 12.8. The largest absolute Gasteiger partial charge is 0.496 e. The number of hydrazine groups is 1. The average molecular weight is 276 g/mol. The third-order valence-electron chi connectivity index (χ3n) is 4.54. The first-order chi connectivity index (χ1) is 9.72. The van der Waals surface area contributed by atoms with E-state index in [-0.39, 0.29) is 0 Å². The maximum absolute atomic E-state index is 5.74. The second-order valence-electron chi connectivity index (χ2n) is 6.11. The van der Waals surface area contributed by atoms with Gasteiger partial charge < -0.3 is 4.74 Å². The molecule has 1 aliphatic rings. The lowest BCUT2D eigenvalue weighted by Crippen LogP contribution is -2.37. The Labute approximate surface area is 122 Å². The van der Waals surface area contributed by atoms with E-state index in [1.807, 2.05) is 0 Å². The van der Waals surface area contributed by atoms with E-state index in [2.05, 4.69) is 30.5 Å². The number of nitrogens with one attached hydrogen (secondary N) is 1. The van der Waals surface area contributed by atoms with E-state index in [0.717, 1.165) is 24.5 Å². The molecule has 0 spiro atoms. The molecule has 1 saturated carbocycles. The molecule has 0 aromatic heterocycles. The van der Waals surface area contributed by atoms with E-state index in [9.17, 15) is 0 Å². The fourth-order valence-electron chi connectivity index (χ4n) is 3.31. The highest BCUT2D eigenvalue weighted by Gasteiger charge is 2.18. The molecule has 0 radical (unpaired) electrons. The van der Waals surface area contributed by atoms with Gasteiger partial charge in [0.15, 0.2) is 0 Å². The number of benzene rings is 1. The van der Waals surface area contributed by atoms with Crippen molar-refractivity contribution >= 4 is 0 Å². The van der Waals surface area contributed by atoms with Crippen LogP contribution in [0.25, 0.3) is 0 Å². The van der Waals surface area contributed by atoms with E-state index >= 15 is 0 Å². The van der Waals surface area contributed by atoms with Gasteiger partial charge in [0, 0.05) is 6.04 Å². The molecule has 20 heavy (non-hydrogen) atoms. The number of nitrogens with two attached hydrogens (primary N) is 1. The molecule has 0 amide bonds. The van der Waals surface area contributed by atoms with E-state index in [1.165, 1.54) is 43.2 Å². The molecule has 1 aromatic rings. The normalized spacial score (nSPS) is 17.4. The first kappa shape index (κ1) is 15.3. The lowest BCUT2D eigenvalue weighted by Gasteiger charge is -2.19. The topological polar surface area (TPSA) is 47.3 Å². The Morgan fingerprint density at radius 1 is 1.35 bits per heavy atom. The quantitative estimate of drug-likeness (QED) is 0.593.